The topological polar surface area (TPSA) is 35.2 Å². The molecule has 1 aromatic carbocycles. The lowest BCUT2D eigenvalue weighted by Gasteiger charge is -2.24. The molecule has 0 heterocycles. The normalized spacial score (nSPS) is 15.6. The molecule has 2 nitrogen and oxygen atoms in total. The number of hydrogen-bond acceptors (Lipinski definition) is 2. The zero-order valence-corrected chi connectivity index (χ0v) is 10.7. The molecule has 0 aliphatic heterocycles. The molecule has 0 saturated carbocycles. The quantitative estimate of drug-likeness (QED) is 0.811. The van der Waals surface area contributed by atoms with Gasteiger partial charge in [-0.15, -0.1) is 0 Å². The van der Waals surface area contributed by atoms with Crippen LogP contribution < -0.4 is 5.73 Å². The first-order valence-corrected chi connectivity index (χ1v) is 5.84. The predicted molar refractivity (Wildman–Crippen MR) is 64.5 cm³/mol. The van der Waals surface area contributed by atoms with Crippen molar-refractivity contribution in [3.8, 4) is 0 Å². The van der Waals surface area contributed by atoms with Gasteiger partial charge in [0.15, 0.2) is 0 Å². The molecule has 0 aliphatic rings. The van der Waals surface area contributed by atoms with Crippen molar-refractivity contribution in [1.82, 2.24) is 0 Å². The van der Waals surface area contributed by atoms with Crippen molar-refractivity contribution in [2.24, 2.45) is 5.73 Å². The molecule has 2 N–H and O–H groups in total. The Labute approximate surface area is 109 Å². The largest absolute Gasteiger partial charge is 0.365 e. The van der Waals surface area contributed by atoms with Crippen LogP contribution in [0.25, 0.3) is 0 Å². The van der Waals surface area contributed by atoms with Crippen molar-refractivity contribution in [3.63, 3.8) is 0 Å². The van der Waals surface area contributed by atoms with E-state index in [0.717, 1.165) is 5.56 Å². The summed E-state index contributed by atoms with van der Waals surface area (Å²) in [6, 6.07) is 6.34. The Balaban J connectivity index is 2.77. The molecule has 0 bridgehead atoms. The van der Waals surface area contributed by atoms with Gasteiger partial charge >= 0.3 is 12.3 Å². The Kier molecular flexibility index (Phi) is 5.31. The third kappa shape index (κ3) is 4.47. The first kappa shape index (κ1) is 15.9. The zero-order valence-electron chi connectivity index (χ0n) is 10.7. The highest BCUT2D eigenvalue weighted by Gasteiger charge is 2.42. The Morgan fingerprint density at radius 2 is 1.74 bits per heavy atom. The van der Waals surface area contributed by atoms with Gasteiger partial charge in [-0.3, -0.25) is 0 Å². The molecule has 2 atom stereocenters. The van der Waals surface area contributed by atoms with Crippen LogP contribution in [-0.2, 0) is 4.74 Å². The fraction of sp³-hybridized carbons (Fsp3) is 0.538. The van der Waals surface area contributed by atoms with Crippen molar-refractivity contribution in [2.45, 2.75) is 38.3 Å². The summed E-state index contributed by atoms with van der Waals surface area (Å²) in [7, 11) is 0. The van der Waals surface area contributed by atoms with Gasteiger partial charge in [-0.25, -0.2) is 8.78 Å². The van der Waals surface area contributed by atoms with Crippen LogP contribution in [-0.4, -0.2) is 25.0 Å². The molecule has 0 aliphatic carbocycles. The molecule has 1 rings (SSSR count). The van der Waals surface area contributed by atoms with E-state index < -0.39 is 31.1 Å². The lowest BCUT2D eigenvalue weighted by molar-refractivity contribution is -0.178. The van der Waals surface area contributed by atoms with Crippen LogP contribution in [0.1, 0.15) is 24.2 Å². The summed E-state index contributed by atoms with van der Waals surface area (Å²) < 4.78 is 54.7. The molecule has 19 heavy (non-hydrogen) atoms. The van der Waals surface area contributed by atoms with E-state index in [1.807, 2.05) is 6.92 Å². The second-order valence-corrected chi connectivity index (χ2v) is 4.56. The second-order valence-electron chi connectivity index (χ2n) is 4.56. The summed E-state index contributed by atoms with van der Waals surface area (Å²) in [6.45, 7) is 2.09. The minimum Gasteiger partial charge on any atom is -0.365 e. The summed E-state index contributed by atoms with van der Waals surface area (Å²) in [4.78, 5) is 0. The van der Waals surface area contributed by atoms with Crippen molar-refractivity contribution >= 4 is 0 Å². The Morgan fingerprint density at radius 1 is 1.21 bits per heavy atom. The maximum atomic E-state index is 12.8. The van der Waals surface area contributed by atoms with Gasteiger partial charge in [0.25, 0.3) is 0 Å². The summed E-state index contributed by atoms with van der Waals surface area (Å²) in [5, 5.41) is 0. The zero-order chi connectivity index (χ0) is 14.6. The number of aryl methyl sites for hydroxylation is 1. The average Bonchev–Trinajstić information content (AvgIpc) is 2.31. The molecule has 0 amide bonds. The van der Waals surface area contributed by atoms with E-state index in [1.165, 1.54) is 0 Å². The molecule has 108 valence electrons. The maximum absolute atomic E-state index is 12.8. The highest BCUT2D eigenvalue weighted by molar-refractivity contribution is 5.24. The molecular weight excluding hydrogens is 262 g/mol. The van der Waals surface area contributed by atoms with Crippen molar-refractivity contribution in [2.75, 3.05) is 6.61 Å². The van der Waals surface area contributed by atoms with E-state index in [1.54, 1.807) is 31.2 Å². The predicted octanol–water partition coefficient (Wildman–Crippen LogP) is 3.30. The number of nitrogens with two attached hydrogens (primary N) is 1. The number of rotatable bonds is 6. The minimum absolute atomic E-state index is 0.587. The van der Waals surface area contributed by atoms with E-state index in [4.69, 9.17) is 10.5 Å². The molecule has 0 fully saturated rings. The minimum atomic E-state index is -4.17. The summed E-state index contributed by atoms with van der Waals surface area (Å²) in [6.07, 6.45) is -4.59. The summed E-state index contributed by atoms with van der Waals surface area (Å²) >= 11 is 0. The van der Waals surface area contributed by atoms with Crippen molar-refractivity contribution in [1.29, 1.82) is 0 Å². The van der Waals surface area contributed by atoms with Gasteiger partial charge < -0.3 is 10.5 Å². The third-order valence-electron chi connectivity index (χ3n) is 2.66. The van der Waals surface area contributed by atoms with E-state index >= 15 is 0 Å². The van der Waals surface area contributed by atoms with Crippen molar-refractivity contribution < 1.29 is 22.3 Å². The fourth-order valence-corrected chi connectivity index (χ4v) is 1.57. The smallest absolute Gasteiger partial charge is 0.330 e. The van der Waals surface area contributed by atoms with E-state index in [2.05, 4.69) is 0 Å². The molecule has 0 saturated heterocycles. The number of ether oxygens (including phenoxy) is 1. The molecule has 0 radical (unpaired) electrons. The van der Waals surface area contributed by atoms with Gasteiger partial charge in [0.05, 0.1) is 6.10 Å². The molecular formula is C13H17F4NO. The molecule has 2 unspecified atom stereocenters. The van der Waals surface area contributed by atoms with Crippen LogP contribution >= 0.6 is 0 Å². The van der Waals surface area contributed by atoms with Gasteiger partial charge in [-0.2, -0.15) is 8.78 Å². The highest BCUT2D eigenvalue weighted by atomic mass is 19.3. The van der Waals surface area contributed by atoms with Crippen LogP contribution in [0.4, 0.5) is 17.6 Å². The van der Waals surface area contributed by atoms with E-state index in [9.17, 15) is 17.6 Å². The molecule has 0 spiro atoms. The van der Waals surface area contributed by atoms with Crippen LogP contribution in [0.15, 0.2) is 24.3 Å². The van der Waals surface area contributed by atoms with E-state index in [0.29, 0.717) is 5.56 Å². The first-order valence-electron chi connectivity index (χ1n) is 5.84. The highest BCUT2D eigenvalue weighted by Crippen LogP contribution is 2.27. The van der Waals surface area contributed by atoms with Gasteiger partial charge in [0.1, 0.15) is 6.61 Å². The second kappa shape index (κ2) is 6.34. The summed E-state index contributed by atoms with van der Waals surface area (Å²) in [5.41, 5.74) is 7.23. The SMILES string of the molecule is Cc1ccc(C(OCC(F)(F)C(F)F)C(C)N)cc1. The Hall–Kier alpha value is -1.14. The number of alkyl halides is 4. The van der Waals surface area contributed by atoms with Crippen LogP contribution in [0.2, 0.25) is 0 Å². The monoisotopic (exact) mass is 279 g/mol. The Bertz CT molecular complexity index is 392. The average molecular weight is 279 g/mol. The van der Waals surface area contributed by atoms with Gasteiger partial charge in [0.2, 0.25) is 0 Å². The molecule has 0 aromatic heterocycles. The number of hydrogen-bond donors (Lipinski definition) is 1. The van der Waals surface area contributed by atoms with Crippen LogP contribution in [0, 0.1) is 6.92 Å². The van der Waals surface area contributed by atoms with Gasteiger partial charge in [-0.1, -0.05) is 29.8 Å². The van der Waals surface area contributed by atoms with E-state index in [-0.39, 0.29) is 0 Å². The summed E-state index contributed by atoms with van der Waals surface area (Å²) in [5.74, 6) is -4.17. The lowest BCUT2D eigenvalue weighted by atomic mass is 10.0. The Morgan fingerprint density at radius 3 is 2.16 bits per heavy atom. The number of halogens is 4. The van der Waals surface area contributed by atoms with Crippen LogP contribution in [0.5, 0.6) is 0 Å². The maximum Gasteiger partial charge on any atom is 0.330 e. The first-order chi connectivity index (χ1) is 8.74. The third-order valence-corrected chi connectivity index (χ3v) is 2.66. The molecule has 6 heteroatoms. The fourth-order valence-electron chi connectivity index (χ4n) is 1.57. The van der Waals surface area contributed by atoms with Gasteiger partial charge in [-0.05, 0) is 19.4 Å². The van der Waals surface area contributed by atoms with Crippen molar-refractivity contribution in [3.05, 3.63) is 35.4 Å². The molecule has 1 aromatic rings. The lowest BCUT2D eigenvalue weighted by Crippen LogP contribution is -2.36. The van der Waals surface area contributed by atoms with Crippen LogP contribution in [0.3, 0.4) is 0 Å². The standard InChI is InChI=1S/C13H17F4NO/c1-8-3-5-10(6-4-8)11(9(2)18)19-7-13(16,17)12(14)15/h3-6,9,11-12H,7,18H2,1-2H3. The number of benzene rings is 1. The van der Waals surface area contributed by atoms with Gasteiger partial charge in [0, 0.05) is 6.04 Å².